The molecule has 0 atom stereocenters. The average molecular weight is 261 g/mol. The normalized spacial score (nSPS) is 15.4. The molecule has 4 nitrogen and oxygen atoms in total. The van der Waals surface area contributed by atoms with Crippen LogP contribution in [0.2, 0.25) is 0 Å². The van der Waals surface area contributed by atoms with Crippen LogP contribution in [0.3, 0.4) is 0 Å². The molecule has 2 rings (SSSR count). The lowest BCUT2D eigenvalue weighted by Crippen LogP contribution is -2.29. The van der Waals surface area contributed by atoms with Crippen molar-refractivity contribution in [3.05, 3.63) is 41.0 Å². The fourth-order valence-electron chi connectivity index (χ4n) is 2.28. The second kappa shape index (κ2) is 6.38. The summed E-state index contributed by atoms with van der Waals surface area (Å²) in [7, 11) is 0. The minimum Gasteiger partial charge on any atom is -0.508 e. The molecular formula is C15H19NO3. The van der Waals surface area contributed by atoms with Gasteiger partial charge in [-0.05, 0) is 49.6 Å². The summed E-state index contributed by atoms with van der Waals surface area (Å²) in [6, 6.07) is 7.13. The third-order valence-corrected chi connectivity index (χ3v) is 3.17. The highest BCUT2D eigenvalue weighted by Crippen LogP contribution is 2.20. The smallest absolute Gasteiger partial charge is 0.334 e. The van der Waals surface area contributed by atoms with Crippen molar-refractivity contribution in [1.82, 2.24) is 5.32 Å². The summed E-state index contributed by atoms with van der Waals surface area (Å²) in [4.78, 5) is 11.9. The zero-order valence-electron chi connectivity index (χ0n) is 11.1. The van der Waals surface area contributed by atoms with Crippen molar-refractivity contribution >= 4 is 5.97 Å². The van der Waals surface area contributed by atoms with Crippen LogP contribution in [-0.2, 0) is 16.0 Å². The fourth-order valence-corrected chi connectivity index (χ4v) is 2.28. The number of benzene rings is 1. The van der Waals surface area contributed by atoms with E-state index in [2.05, 4.69) is 5.32 Å². The molecule has 2 N–H and O–H groups in total. The van der Waals surface area contributed by atoms with Gasteiger partial charge in [-0.1, -0.05) is 12.1 Å². The van der Waals surface area contributed by atoms with Crippen molar-refractivity contribution in [2.45, 2.75) is 19.8 Å². The number of carbonyl (C=O) groups excluding carboxylic acids is 1. The molecule has 1 aliphatic rings. The Morgan fingerprint density at radius 3 is 3.05 bits per heavy atom. The van der Waals surface area contributed by atoms with E-state index in [-0.39, 0.29) is 11.7 Å². The van der Waals surface area contributed by atoms with Gasteiger partial charge in [0.15, 0.2) is 0 Å². The number of esters is 1. The van der Waals surface area contributed by atoms with E-state index in [4.69, 9.17) is 4.74 Å². The molecular weight excluding hydrogens is 242 g/mol. The van der Waals surface area contributed by atoms with Gasteiger partial charge in [0.1, 0.15) is 5.75 Å². The molecule has 0 saturated carbocycles. The van der Waals surface area contributed by atoms with Crippen LogP contribution in [0.1, 0.15) is 18.9 Å². The molecule has 1 aromatic carbocycles. The van der Waals surface area contributed by atoms with Crippen LogP contribution in [0.15, 0.2) is 35.4 Å². The first-order valence-electron chi connectivity index (χ1n) is 6.57. The lowest BCUT2D eigenvalue weighted by atomic mass is 9.95. The van der Waals surface area contributed by atoms with Crippen LogP contribution >= 0.6 is 0 Å². The van der Waals surface area contributed by atoms with E-state index in [1.54, 1.807) is 12.1 Å². The number of phenols is 1. The van der Waals surface area contributed by atoms with Crippen molar-refractivity contribution in [2.75, 3.05) is 19.7 Å². The second-order valence-electron chi connectivity index (χ2n) is 4.58. The van der Waals surface area contributed by atoms with Gasteiger partial charge in [-0.2, -0.15) is 0 Å². The van der Waals surface area contributed by atoms with E-state index in [9.17, 15) is 9.90 Å². The van der Waals surface area contributed by atoms with Crippen molar-refractivity contribution in [3.8, 4) is 5.75 Å². The monoisotopic (exact) mass is 261 g/mol. The zero-order chi connectivity index (χ0) is 13.7. The van der Waals surface area contributed by atoms with Crippen LogP contribution in [0.25, 0.3) is 0 Å². The first-order valence-corrected chi connectivity index (χ1v) is 6.57. The summed E-state index contributed by atoms with van der Waals surface area (Å²) in [5.74, 6) is 0.0405. The molecule has 0 fully saturated rings. The molecule has 102 valence electrons. The Morgan fingerprint density at radius 2 is 2.32 bits per heavy atom. The molecule has 0 radical (unpaired) electrons. The number of aromatic hydroxyl groups is 1. The quantitative estimate of drug-likeness (QED) is 0.811. The van der Waals surface area contributed by atoms with Gasteiger partial charge < -0.3 is 15.2 Å². The molecule has 1 aliphatic heterocycles. The Morgan fingerprint density at radius 1 is 1.47 bits per heavy atom. The van der Waals surface area contributed by atoms with E-state index in [0.717, 1.165) is 23.3 Å². The lowest BCUT2D eigenvalue weighted by Gasteiger charge is -2.20. The van der Waals surface area contributed by atoms with Gasteiger partial charge in [-0.3, -0.25) is 0 Å². The highest BCUT2D eigenvalue weighted by atomic mass is 16.5. The zero-order valence-corrected chi connectivity index (χ0v) is 11.1. The number of nitrogens with one attached hydrogen (secondary N) is 1. The Labute approximate surface area is 113 Å². The predicted molar refractivity (Wildman–Crippen MR) is 73.0 cm³/mol. The van der Waals surface area contributed by atoms with E-state index in [0.29, 0.717) is 26.0 Å². The van der Waals surface area contributed by atoms with E-state index in [1.807, 2.05) is 19.1 Å². The molecule has 19 heavy (non-hydrogen) atoms. The Bertz CT molecular complexity index is 494. The third kappa shape index (κ3) is 3.58. The summed E-state index contributed by atoms with van der Waals surface area (Å²) in [5.41, 5.74) is 2.83. The topological polar surface area (TPSA) is 58.6 Å². The van der Waals surface area contributed by atoms with Gasteiger partial charge in [-0.25, -0.2) is 4.79 Å². The minimum atomic E-state index is -0.209. The number of hydrogen-bond donors (Lipinski definition) is 2. The maximum atomic E-state index is 11.9. The molecule has 1 heterocycles. The summed E-state index contributed by atoms with van der Waals surface area (Å²) in [6.45, 7) is 3.71. The highest BCUT2D eigenvalue weighted by Gasteiger charge is 2.19. The van der Waals surface area contributed by atoms with Crippen LogP contribution in [0, 0.1) is 0 Å². The predicted octanol–water partition coefficient (Wildman–Crippen LogP) is 1.79. The van der Waals surface area contributed by atoms with Gasteiger partial charge in [0.25, 0.3) is 0 Å². The molecule has 0 unspecified atom stereocenters. The van der Waals surface area contributed by atoms with E-state index < -0.39 is 0 Å². The first-order chi connectivity index (χ1) is 9.20. The van der Waals surface area contributed by atoms with Gasteiger partial charge in [0.2, 0.25) is 0 Å². The largest absolute Gasteiger partial charge is 0.508 e. The number of hydrogen-bond acceptors (Lipinski definition) is 4. The van der Waals surface area contributed by atoms with Crippen LogP contribution in [0.4, 0.5) is 0 Å². The standard InChI is InChI=1S/C15H19NO3/c1-2-19-15(18)14-6-7-16-10-12(14)8-11-4-3-5-13(17)9-11/h3-5,9,16-17H,2,6-8,10H2,1H3. The maximum absolute atomic E-state index is 11.9. The number of carbonyl (C=O) groups is 1. The number of phenolic OH excluding ortho intramolecular Hbond substituents is 1. The lowest BCUT2D eigenvalue weighted by molar-refractivity contribution is -0.138. The Hall–Kier alpha value is -1.81. The van der Waals surface area contributed by atoms with Crippen molar-refractivity contribution < 1.29 is 14.6 Å². The molecule has 0 saturated heterocycles. The molecule has 0 aromatic heterocycles. The van der Waals surface area contributed by atoms with Crippen LogP contribution < -0.4 is 5.32 Å². The Balaban J connectivity index is 2.20. The summed E-state index contributed by atoms with van der Waals surface area (Å²) >= 11 is 0. The van der Waals surface area contributed by atoms with Crippen LogP contribution in [0.5, 0.6) is 5.75 Å². The highest BCUT2D eigenvalue weighted by molar-refractivity contribution is 5.89. The van der Waals surface area contributed by atoms with Crippen LogP contribution in [-0.4, -0.2) is 30.8 Å². The molecule has 1 aromatic rings. The average Bonchev–Trinajstić information content (AvgIpc) is 2.39. The molecule has 0 bridgehead atoms. The summed E-state index contributed by atoms with van der Waals surface area (Å²) in [6.07, 6.45) is 1.36. The Kier molecular flexibility index (Phi) is 4.58. The second-order valence-corrected chi connectivity index (χ2v) is 4.58. The number of ether oxygens (including phenoxy) is 1. The maximum Gasteiger partial charge on any atom is 0.334 e. The fraction of sp³-hybridized carbons (Fsp3) is 0.400. The minimum absolute atomic E-state index is 0.209. The van der Waals surface area contributed by atoms with E-state index in [1.165, 1.54) is 0 Å². The summed E-state index contributed by atoms with van der Waals surface area (Å²) < 4.78 is 5.10. The van der Waals surface area contributed by atoms with E-state index >= 15 is 0 Å². The number of rotatable bonds is 4. The van der Waals surface area contributed by atoms with Gasteiger partial charge >= 0.3 is 5.97 Å². The van der Waals surface area contributed by atoms with Crippen molar-refractivity contribution in [1.29, 1.82) is 0 Å². The van der Waals surface area contributed by atoms with Gasteiger partial charge in [0, 0.05) is 12.1 Å². The first kappa shape index (κ1) is 13.6. The third-order valence-electron chi connectivity index (χ3n) is 3.17. The van der Waals surface area contributed by atoms with Crippen molar-refractivity contribution in [3.63, 3.8) is 0 Å². The SMILES string of the molecule is CCOC(=O)C1=C(Cc2cccc(O)c2)CNCC1. The van der Waals surface area contributed by atoms with Gasteiger partial charge in [0.05, 0.1) is 6.61 Å². The molecule has 0 amide bonds. The van der Waals surface area contributed by atoms with Crippen molar-refractivity contribution in [2.24, 2.45) is 0 Å². The summed E-state index contributed by atoms with van der Waals surface area (Å²) in [5, 5.41) is 12.7. The molecule has 0 spiro atoms. The van der Waals surface area contributed by atoms with Gasteiger partial charge in [-0.15, -0.1) is 0 Å². The molecule has 4 heteroatoms. The molecule has 0 aliphatic carbocycles.